The molecule has 9 atom stereocenters. The number of nitrogens with zero attached hydrogens (tertiary/aromatic N) is 1. The van der Waals surface area contributed by atoms with E-state index in [9.17, 15) is 29.9 Å². The van der Waals surface area contributed by atoms with Crippen molar-refractivity contribution >= 4 is 33.7 Å². The summed E-state index contributed by atoms with van der Waals surface area (Å²) in [5, 5.41) is 30.0. The molecule has 36 heavy (non-hydrogen) atoms. The molecule has 200 valence electrons. The van der Waals surface area contributed by atoms with E-state index < -0.39 is 34.9 Å². The van der Waals surface area contributed by atoms with Gasteiger partial charge in [-0.1, -0.05) is 62.2 Å². The zero-order valence-electron chi connectivity index (χ0n) is 21.7. The number of esters is 1. The molecular weight excluding hydrogens is 526 g/mol. The first-order chi connectivity index (χ1) is 17.0. The Balaban J connectivity index is 2.37. The predicted molar refractivity (Wildman–Crippen MR) is 140 cm³/mol. The highest BCUT2D eigenvalue weighted by molar-refractivity contribution is 9.10. The third kappa shape index (κ3) is 8.27. The lowest BCUT2D eigenvalue weighted by Gasteiger charge is -2.28. The Hall–Kier alpha value is -1.98. The number of carbonyl (C=O) groups excluding carboxylic acids is 2. The molecular formula is C28H40BrNO6. The summed E-state index contributed by atoms with van der Waals surface area (Å²) in [6.45, 7) is 7.94. The van der Waals surface area contributed by atoms with Crippen LogP contribution in [0.25, 0.3) is 0 Å². The normalized spacial score (nSPS) is 40.1. The fraction of sp³-hybridized carbons (Fsp3) is 0.714. The van der Waals surface area contributed by atoms with E-state index in [4.69, 9.17) is 4.74 Å². The average Bonchev–Trinajstić information content (AvgIpc) is 3.31. The van der Waals surface area contributed by atoms with Crippen LogP contribution in [-0.2, 0) is 19.1 Å². The van der Waals surface area contributed by atoms with E-state index in [0.29, 0.717) is 25.2 Å². The highest BCUT2D eigenvalue weighted by Gasteiger charge is 2.41. The number of nitriles is 1. The molecule has 0 spiro atoms. The fourth-order valence-electron chi connectivity index (χ4n) is 5.88. The number of carboxylic acids is 1. The van der Waals surface area contributed by atoms with E-state index in [-0.39, 0.29) is 41.4 Å². The molecule has 2 rings (SSSR count). The minimum Gasteiger partial charge on any atom is -0.481 e. The topological polar surface area (TPSA) is 125 Å². The first-order valence-corrected chi connectivity index (χ1v) is 13.9. The summed E-state index contributed by atoms with van der Waals surface area (Å²) in [7, 11) is 0. The number of hydrogen-bond acceptors (Lipinski definition) is 6. The van der Waals surface area contributed by atoms with Gasteiger partial charge in [0.15, 0.2) is 10.6 Å². The lowest BCUT2D eigenvalue weighted by molar-refractivity contribution is -0.157. The van der Waals surface area contributed by atoms with Crippen LogP contribution >= 0.6 is 15.9 Å². The van der Waals surface area contributed by atoms with Gasteiger partial charge in [-0.15, -0.1) is 0 Å². The number of allylic oxidation sites excluding steroid dienone is 2. The molecule has 0 amide bonds. The summed E-state index contributed by atoms with van der Waals surface area (Å²) < 4.78 is 5.77. The summed E-state index contributed by atoms with van der Waals surface area (Å²) in [5.41, 5.74) is 0.262. The van der Waals surface area contributed by atoms with Gasteiger partial charge < -0.3 is 14.9 Å². The molecule has 1 fully saturated rings. The van der Waals surface area contributed by atoms with Crippen LogP contribution in [-0.4, -0.2) is 45.0 Å². The van der Waals surface area contributed by atoms with E-state index in [0.717, 1.165) is 19.3 Å². The van der Waals surface area contributed by atoms with E-state index in [1.807, 2.05) is 13.8 Å². The number of Topliss-reactive ketones (excluding diaryl/α,β-unsaturated/α-hetero) is 1. The van der Waals surface area contributed by atoms with Gasteiger partial charge in [0.05, 0.1) is 23.7 Å². The molecule has 0 radical (unpaired) electrons. The van der Waals surface area contributed by atoms with Crippen LogP contribution in [0.2, 0.25) is 0 Å². The Morgan fingerprint density at radius 1 is 1.11 bits per heavy atom. The van der Waals surface area contributed by atoms with E-state index in [1.54, 1.807) is 18.2 Å². The monoisotopic (exact) mass is 565 g/mol. The van der Waals surface area contributed by atoms with Gasteiger partial charge in [0.25, 0.3) is 0 Å². The van der Waals surface area contributed by atoms with Crippen molar-refractivity contribution in [3.05, 3.63) is 23.8 Å². The third-order valence-electron chi connectivity index (χ3n) is 7.68. The van der Waals surface area contributed by atoms with Gasteiger partial charge in [0, 0.05) is 18.3 Å². The number of carboxylic acid groups (broad SMARTS) is 1. The number of rotatable bonds is 2. The summed E-state index contributed by atoms with van der Waals surface area (Å²) in [6, 6.07) is 2.09. The number of aliphatic carboxylic acids is 1. The number of alkyl halides is 1. The SMILES string of the molecule is CC1CC(C)CC(C)C(O)/C(C#N)=C/C=C/CC(C2CCCC2C(=O)O)OC(=O)C(Br)C(=O)C(C)C1. The van der Waals surface area contributed by atoms with Crippen molar-refractivity contribution in [2.75, 3.05) is 0 Å². The molecule has 7 nitrogen and oxygen atoms in total. The van der Waals surface area contributed by atoms with Gasteiger partial charge in [-0.2, -0.15) is 5.26 Å². The summed E-state index contributed by atoms with van der Waals surface area (Å²) >= 11 is 3.25. The van der Waals surface area contributed by atoms with Gasteiger partial charge in [0.2, 0.25) is 0 Å². The number of halogens is 1. The Kier molecular flexibility index (Phi) is 11.8. The van der Waals surface area contributed by atoms with Crippen molar-refractivity contribution in [1.82, 2.24) is 0 Å². The minimum atomic E-state index is -1.10. The maximum absolute atomic E-state index is 13.0. The van der Waals surface area contributed by atoms with Crippen LogP contribution < -0.4 is 0 Å². The van der Waals surface area contributed by atoms with Crippen LogP contribution in [0.3, 0.4) is 0 Å². The number of hydrogen-bond donors (Lipinski definition) is 2. The highest BCUT2D eigenvalue weighted by Crippen LogP contribution is 2.37. The molecule has 2 N–H and O–H groups in total. The van der Waals surface area contributed by atoms with Gasteiger partial charge in [-0.25, -0.2) is 0 Å². The standard InChI is InChI=1S/C28H40BrNO6/c1-16-12-17(2)14-19(4)26(32)24(29)28(35)36-23(21-9-7-10-22(21)27(33)34)11-6-5-8-20(15-30)25(31)18(3)13-16/h5-6,8,16-19,21-25,31H,7,9-14H2,1-4H3,(H,33,34)/b6-5+,20-8+. The van der Waals surface area contributed by atoms with Crippen molar-refractivity contribution in [2.45, 2.75) is 89.7 Å². The molecule has 0 bridgehead atoms. The van der Waals surface area contributed by atoms with Crippen LogP contribution in [0.4, 0.5) is 0 Å². The molecule has 1 aliphatic carbocycles. The predicted octanol–water partition coefficient (Wildman–Crippen LogP) is 5.22. The van der Waals surface area contributed by atoms with E-state index in [2.05, 4.69) is 35.8 Å². The Labute approximate surface area is 223 Å². The second-order valence-electron chi connectivity index (χ2n) is 10.9. The molecule has 0 aromatic heterocycles. The molecule has 1 heterocycles. The summed E-state index contributed by atoms with van der Waals surface area (Å²) in [5.74, 6) is -2.76. The number of ketones is 1. The molecule has 2 aliphatic rings. The van der Waals surface area contributed by atoms with Gasteiger partial charge >= 0.3 is 11.9 Å². The van der Waals surface area contributed by atoms with Crippen molar-refractivity contribution in [3.8, 4) is 6.07 Å². The Bertz CT molecular complexity index is 893. The second kappa shape index (κ2) is 14.1. The average molecular weight is 567 g/mol. The maximum Gasteiger partial charge on any atom is 0.327 e. The molecule has 0 saturated heterocycles. The first kappa shape index (κ1) is 30.2. The molecule has 0 aromatic carbocycles. The number of carbonyl (C=O) groups is 3. The van der Waals surface area contributed by atoms with E-state index >= 15 is 0 Å². The zero-order chi connectivity index (χ0) is 27.0. The largest absolute Gasteiger partial charge is 0.481 e. The molecule has 1 saturated carbocycles. The highest BCUT2D eigenvalue weighted by atomic mass is 79.9. The van der Waals surface area contributed by atoms with Crippen molar-refractivity contribution in [3.63, 3.8) is 0 Å². The lowest BCUT2D eigenvalue weighted by atomic mass is 9.82. The smallest absolute Gasteiger partial charge is 0.327 e. The summed E-state index contributed by atoms with van der Waals surface area (Å²) in [6.07, 6.45) is 7.67. The number of aliphatic hydroxyl groups excluding tert-OH is 1. The van der Waals surface area contributed by atoms with Gasteiger partial charge in [-0.3, -0.25) is 14.4 Å². The molecule has 1 aliphatic heterocycles. The van der Waals surface area contributed by atoms with Crippen molar-refractivity contribution < 1.29 is 29.3 Å². The van der Waals surface area contributed by atoms with Crippen LogP contribution in [0.1, 0.15) is 72.6 Å². The maximum atomic E-state index is 13.0. The van der Waals surface area contributed by atoms with E-state index in [1.165, 1.54) is 0 Å². The molecule has 8 heteroatoms. The second-order valence-corrected chi connectivity index (χ2v) is 11.8. The summed E-state index contributed by atoms with van der Waals surface area (Å²) in [4.78, 5) is 36.7. The van der Waals surface area contributed by atoms with Gasteiger partial charge in [-0.05, 0) is 55.9 Å². The van der Waals surface area contributed by atoms with Crippen LogP contribution in [0.5, 0.6) is 0 Å². The quantitative estimate of drug-likeness (QED) is 0.267. The number of aliphatic hydroxyl groups is 1. The number of ether oxygens (including phenoxy) is 1. The lowest BCUT2D eigenvalue weighted by Crippen LogP contribution is -2.38. The first-order valence-electron chi connectivity index (χ1n) is 13.0. The molecule has 0 aromatic rings. The van der Waals surface area contributed by atoms with Crippen molar-refractivity contribution in [1.29, 1.82) is 5.26 Å². The Morgan fingerprint density at radius 2 is 1.78 bits per heavy atom. The Morgan fingerprint density at radius 3 is 2.42 bits per heavy atom. The van der Waals surface area contributed by atoms with Crippen molar-refractivity contribution in [2.24, 2.45) is 35.5 Å². The van der Waals surface area contributed by atoms with Gasteiger partial charge in [0.1, 0.15) is 6.10 Å². The van der Waals surface area contributed by atoms with Crippen LogP contribution in [0, 0.1) is 46.8 Å². The third-order valence-corrected chi connectivity index (χ3v) is 8.50. The molecule has 9 unspecified atom stereocenters. The fourth-order valence-corrected chi connectivity index (χ4v) is 6.44. The van der Waals surface area contributed by atoms with Crippen LogP contribution in [0.15, 0.2) is 23.8 Å². The zero-order valence-corrected chi connectivity index (χ0v) is 23.3. The number of cyclic esters (lactones) is 1. The minimum absolute atomic E-state index is 0.111.